The summed E-state index contributed by atoms with van der Waals surface area (Å²) in [4.78, 5) is 32.5. The van der Waals surface area contributed by atoms with Crippen molar-refractivity contribution in [2.45, 2.75) is 18.6 Å². The second-order valence-electron chi connectivity index (χ2n) is 5.36. The molecule has 7 heteroatoms. The smallest absolute Gasteiger partial charge is 0.217 e. The zero-order valence-electron chi connectivity index (χ0n) is 13.6. The molecule has 25 heavy (non-hydrogen) atoms. The van der Waals surface area contributed by atoms with Gasteiger partial charge in [-0.25, -0.2) is 4.98 Å². The summed E-state index contributed by atoms with van der Waals surface area (Å²) in [5.74, 6) is 0.299. The van der Waals surface area contributed by atoms with Gasteiger partial charge in [0, 0.05) is 11.8 Å². The van der Waals surface area contributed by atoms with Gasteiger partial charge in [-0.3, -0.25) is 9.59 Å². The number of amides is 1. The number of hydrogen-bond acceptors (Lipinski definition) is 5. The van der Waals surface area contributed by atoms with E-state index in [0.29, 0.717) is 17.2 Å². The molecular formula is C18H17N3O2S2. The number of carbonyl (C=O) groups is 2. The van der Waals surface area contributed by atoms with E-state index in [1.165, 1.54) is 30.0 Å². The quantitative estimate of drug-likeness (QED) is 0.490. The lowest BCUT2D eigenvalue weighted by Crippen LogP contribution is -2.18. The zero-order valence-corrected chi connectivity index (χ0v) is 15.2. The molecule has 0 bridgehead atoms. The first-order valence-corrected chi connectivity index (χ1v) is 9.51. The highest BCUT2D eigenvalue weighted by atomic mass is 32.2. The summed E-state index contributed by atoms with van der Waals surface area (Å²) >= 11 is 2.80. The van der Waals surface area contributed by atoms with Crippen molar-refractivity contribution in [3.63, 3.8) is 0 Å². The summed E-state index contributed by atoms with van der Waals surface area (Å²) in [6, 6.07) is 13.6. The number of nitrogens with one attached hydrogen (secondary N) is 2. The van der Waals surface area contributed by atoms with E-state index in [1.807, 2.05) is 42.5 Å². The van der Waals surface area contributed by atoms with Crippen LogP contribution in [0.1, 0.15) is 21.5 Å². The number of hydrogen-bond donors (Lipinski definition) is 2. The van der Waals surface area contributed by atoms with Gasteiger partial charge in [0.1, 0.15) is 0 Å². The second-order valence-corrected chi connectivity index (χ2v) is 7.49. The minimum Gasteiger partial charge on any atom is -0.351 e. The predicted molar refractivity (Wildman–Crippen MR) is 101 cm³/mol. The monoisotopic (exact) mass is 371 g/mol. The lowest BCUT2D eigenvalue weighted by molar-refractivity contribution is -0.119. The Kier molecular flexibility index (Phi) is 5.67. The van der Waals surface area contributed by atoms with Crippen LogP contribution in [0.2, 0.25) is 0 Å². The van der Waals surface area contributed by atoms with E-state index < -0.39 is 0 Å². The minimum atomic E-state index is -0.0797. The number of thioether (sulfide) groups is 1. The normalized spacial score (nSPS) is 10.6. The Morgan fingerprint density at radius 3 is 2.76 bits per heavy atom. The molecule has 128 valence electrons. The Balaban J connectivity index is 1.56. The third kappa shape index (κ3) is 4.80. The SMILES string of the molecule is CC(=O)NCc1ccc(C(=O)CSc2ncc(-c3ccccc3)[nH]2)s1. The highest BCUT2D eigenvalue weighted by Crippen LogP contribution is 2.23. The highest BCUT2D eigenvalue weighted by Gasteiger charge is 2.12. The van der Waals surface area contributed by atoms with Gasteiger partial charge in [-0.2, -0.15) is 0 Å². The van der Waals surface area contributed by atoms with Gasteiger partial charge < -0.3 is 10.3 Å². The number of Topliss-reactive ketones (excluding diaryl/α,β-unsaturated/α-hetero) is 1. The number of rotatable bonds is 7. The van der Waals surface area contributed by atoms with Crippen molar-refractivity contribution in [2.24, 2.45) is 0 Å². The molecule has 3 rings (SSSR count). The Labute approximate surface area is 153 Å². The lowest BCUT2D eigenvalue weighted by atomic mass is 10.2. The maximum absolute atomic E-state index is 12.3. The Morgan fingerprint density at radius 2 is 2.00 bits per heavy atom. The predicted octanol–water partition coefficient (Wildman–Crippen LogP) is 3.75. The molecule has 0 unspecified atom stereocenters. The van der Waals surface area contributed by atoms with Gasteiger partial charge in [0.25, 0.3) is 0 Å². The van der Waals surface area contributed by atoms with Crippen molar-refractivity contribution in [1.29, 1.82) is 0 Å². The number of carbonyl (C=O) groups excluding carboxylic acids is 2. The first kappa shape index (κ1) is 17.4. The van der Waals surface area contributed by atoms with Crippen molar-refractivity contribution < 1.29 is 9.59 Å². The van der Waals surface area contributed by atoms with Crippen molar-refractivity contribution in [3.05, 3.63) is 58.4 Å². The van der Waals surface area contributed by atoms with Gasteiger partial charge in [-0.05, 0) is 17.7 Å². The molecule has 0 fully saturated rings. The first-order chi connectivity index (χ1) is 12.1. The molecule has 0 aliphatic carbocycles. The van der Waals surface area contributed by atoms with Crippen LogP contribution in [0.4, 0.5) is 0 Å². The fraction of sp³-hybridized carbons (Fsp3) is 0.167. The molecule has 0 saturated carbocycles. The number of thiophene rings is 1. The summed E-state index contributed by atoms with van der Waals surface area (Å²) in [6.45, 7) is 1.93. The van der Waals surface area contributed by atoms with Gasteiger partial charge in [0.15, 0.2) is 10.9 Å². The van der Waals surface area contributed by atoms with E-state index in [1.54, 1.807) is 6.20 Å². The van der Waals surface area contributed by atoms with Gasteiger partial charge in [-0.1, -0.05) is 42.1 Å². The molecule has 2 aromatic heterocycles. The van der Waals surface area contributed by atoms with E-state index in [4.69, 9.17) is 0 Å². The Morgan fingerprint density at radius 1 is 1.20 bits per heavy atom. The Hall–Kier alpha value is -2.38. The molecule has 1 aromatic carbocycles. The van der Waals surface area contributed by atoms with Crippen LogP contribution in [-0.4, -0.2) is 27.4 Å². The molecule has 0 aliphatic rings. The Bertz CT molecular complexity index is 871. The van der Waals surface area contributed by atoms with E-state index in [-0.39, 0.29) is 11.7 Å². The van der Waals surface area contributed by atoms with E-state index in [9.17, 15) is 9.59 Å². The van der Waals surface area contributed by atoms with Gasteiger partial charge >= 0.3 is 0 Å². The van der Waals surface area contributed by atoms with Crippen LogP contribution in [0.3, 0.4) is 0 Å². The number of imidazole rings is 1. The molecular weight excluding hydrogens is 354 g/mol. The summed E-state index contributed by atoms with van der Waals surface area (Å²) in [5, 5.41) is 3.45. The maximum atomic E-state index is 12.3. The third-order valence-corrected chi connectivity index (χ3v) is 5.44. The van der Waals surface area contributed by atoms with Gasteiger partial charge in [-0.15, -0.1) is 11.3 Å². The number of benzene rings is 1. The molecule has 0 spiro atoms. The first-order valence-electron chi connectivity index (χ1n) is 7.71. The molecule has 2 heterocycles. The van der Waals surface area contributed by atoms with E-state index >= 15 is 0 Å². The number of ketones is 1. The molecule has 5 nitrogen and oxygen atoms in total. The highest BCUT2D eigenvalue weighted by molar-refractivity contribution is 7.99. The number of H-pyrrole nitrogens is 1. The van der Waals surface area contributed by atoms with Gasteiger partial charge in [0.2, 0.25) is 5.91 Å². The zero-order chi connectivity index (χ0) is 17.6. The second kappa shape index (κ2) is 8.13. The van der Waals surface area contributed by atoms with E-state index in [0.717, 1.165) is 21.3 Å². The van der Waals surface area contributed by atoms with Crippen molar-refractivity contribution >= 4 is 34.8 Å². The summed E-state index contributed by atoms with van der Waals surface area (Å²) < 4.78 is 0. The topological polar surface area (TPSA) is 74.8 Å². The summed E-state index contributed by atoms with van der Waals surface area (Å²) in [5.41, 5.74) is 2.00. The van der Waals surface area contributed by atoms with Crippen molar-refractivity contribution in [3.8, 4) is 11.3 Å². The molecule has 0 saturated heterocycles. The summed E-state index contributed by atoms with van der Waals surface area (Å²) in [7, 11) is 0. The molecule has 0 radical (unpaired) electrons. The van der Waals surface area contributed by atoms with Crippen LogP contribution in [0.5, 0.6) is 0 Å². The van der Waals surface area contributed by atoms with Crippen LogP contribution in [0.15, 0.2) is 53.8 Å². The van der Waals surface area contributed by atoms with Crippen LogP contribution in [0, 0.1) is 0 Å². The molecule has 2 N–H and O–H groups in total. The van der Waals surface area contributed by atoms with Crippen molar-refractivity contribution in [2.75, 3.05) is 5.75 Å². The van der Waals surface area contributed by atoms with E-state index in [2.05, 4.69) is 15.3 Å². The molecule has 0 atom stereocenters. The van der Waals surface area contributed by atoms with Crippen LogP contribution in [0.25, 0.3) is 11.3 Å². The number of nitrogens with zero attached hydrogens (tertiary/aromatic N) is 1. The largest absolute Gasteiger partial charge is 0.351 e. The third-order valence-electron chi connectivity index (χ3n) is 3.43. The van der Waals surface area contributed by atoms with Gasteiger partial charge in [0.05, 0.1) is 29.1 Å². The number of aromatic amines is 1. The minimum absolute atomic E-state index is 0.0572. The summed E-state index contributed by atoms with van der Waals surface area (Å²) in [6.07, 6.45) is 1.78. The van der Waals surface area contributed by atoms with Crippen LogP contribution < -0.4 is 5.32 Å². The maximum Gasteiger partial charge on any atom is 0.217 e. The molecule has 0 aliphatic heterocycles. The standard InChI is InChI=1S/C18H17N3O2S2/c1-12(22)19-9-14-7-8-17(25-14)16(23)11-24-18-20-10-15(21-18)13-5-3-2-4-6-13/h2-8,10H,9,11H2,1H3,(H,19,22)(H,20,21). The number of aromatic nitrogens is 2. The molecule has 1 amide bonds. The fourth-order valence-corrected chi connectivity index (χ4v) is 3.89. The fourth-order valence-electron chi connectivity index (χ4n) is 2.18. The average molecular weight is 371 g/mol. The average Bonchev–Trinajstić information content (AvgIpc) is 3.28. The molecule has 3 aromatic rings. The van der Waals surface area contributed by atoms with Crippen LogP contribution in [-0.2, 0) is 11.3 Å². The van der Waals surface area contributed by atoms with Crippen LogP contribution >= 0.6 is 23.1 Å². The lowest BCUT2D eigenvalue weighted by Gasteiger charge is -1.98. The van der Waals surface area contributed by atoms with Crippen molar-refractivity contribution in [1.82, 2.24) is 15.3 Å².